The number of para-hydroxylation sites is 1. The van der Waals surface area contributed by atoms with E-state index in [9.17, 15) is 23.3 Å². The Morgan fingerprint density at radius 3 is 2.25 bits per heavy atom. The quantitative estimate of drug-likeness (QED) is 0.266. The lowest BCUT2D eigenvalue weighted by Crippen LogP contribution is -2.35. The maximum Gasteiger partial charge on any atom is 0.356 e. The van der Waals surface area contributed by atoms with Gasteiger partial charge in [0.15, 0.2) is 10.6 Å². The number of halogens is 1. The number of benzene rings is 2. The highest BCUT2D eigenvalue weighted by Crippen LogP contribution is 2.33. The lowest BCUT2D eigenvalue weighted by Gasteiger charge is -2.25. The average molecular weight is 469 g/mol. The van der Waals surface area contributed by atoms with E-state index in [-0.39, 0.29) is 16.7 Å². The van der Waals surface area contributed by atoms with Crippen LogP contribution in [0.3, 0.4) is 0 Å². The van der Waals surface area contributed by atoms with Crippen LogP contribution in [0.25, 0.3) is 4.48 Å². The van der Waals surface area contributed by atoms with Crippen LogP contribution in [0.4, 0.5) is 5.69 Å². The van der Waals surface area contributed by atoms with Crippen LogP contribution in [0, 0.1) is 10.1 Å². The maximum atomic E-state index is 13.2. The number of likely N-dealkylation sites (N-methyl/N-ethyl adjacent to an activating group) is 1. The highest BCUT2D eigenvalue weighted by molar-refractivity contribution is 9.15. The smallest absolute Gasteiger partial charge is 0.356 e. The van der Waals surface area contributed by atoms with Gasteiger partial charge >= 0.3 is 5.97 Å². The summed E-state index contributed by atoms with van der Waals surface area (Å²) in [5.74, 6) is -0.903. The Balaban J connectivity index is 2.75. The number of nitro groups is 1. The summed E-state index contributed by atoms with van der Waals surface area (Å²) in [6, 6.07) is 13.5. The molecule has 148 valence electrons. The van der Waals surface area contributed by atoms with E-state index in [0.717, 1.165) is 23.5 Å². The van der Waals surface area contributed by atoms with Crippen LogP contribution in [0.5, 0.6) is 0 Å². The zero-order valence-corrected chi connectivity index (χ0v) is 17.4. The molecule has 2 aromatic carbocycles. The SMILES string of the molecule is CCN(/C(C(=O)OC)=C(\Br)c1ccccc1)S(=O)(=O)c1ccccc1[N+](=O)[O-]. The van der Waals surface area contributed by atoms with Gasteiger partial charge in [0.25, 0.3) is 15.7 Å². The van der Waals surface area contributed by atoms with E-state index in [1.807, 2.05) is 0 Å². The number of carbonyl (C=O) groups is 1. The van der Waals surface area contributed by atoms with Gasteiger partial charge in [-0.25, -0.2) is 13.2 Å². The normalized spacial score (nSPS) is 12.1. The second-order valence-corrected chi connectivity index (χ2v) is 8.04. The minimum Gasteiger partial charge on any atom is -0.464 e. The van der Waals surface area contributed by atoms with Gasteiger partial charge in [-0.15, -0.1) is 0 Å². The average Bonchev–Trinajstić information content (AvgIpc) is 2.71. The second-order valence-electron chi connectivity index (χ2n) is 5.41. The van der Waals surface area contributed by atoms with Crippen molar-refractivity contribution in [3.8, 4) is 0 Å². The Bertz CT molecular complexity index is 1020. The molecule has 0 N–H and O–H groups in total. The molecular weight excluding hydrogens is 452 g/mol. The van der Waals surface area contributed by atoms with Gasteiger partial charge in [-0.1, -0.05) is 42.5 Å². The van der Waals surface area contributed by atoms with Gasteiger partial charge in [0.05, 0.1) is 16.5 Å². The van der Waals surface area contributed by atoms with Crippen LogP contribution in [-0.4, -0.2) is 37.3 Å². The van der Waals surface area contributed by atoms with Crippen molar-refractivity contribution < 1.29 is 22.9 Å². The summed E-state index contributed by atoms with van der Waals surface area (Å²) in [5.41, 5.74) is -0.325. The van der Waals surface area contributed by atoms with E-state index in [1.165, 1.54) is 19.1 Å². The third-order valence-electron chi connectivity index (χ3n) is 3.78. The Morgan fingerprint density at radius 2 is 1.71 bits per heavy atom. The molecule has 0 aliphatic heterocycles. The molecular formula is C18H17BrN2O6S. The van der Waals surface area contributed by atoms with Gasteiger partial charge in [0, 0.05) is 12.6 Å². The van der Waals surface area contributed by atoms with Gasteiger partial charge in [-0.05, 0) is 34.5 Å². The van der Waals surface area contributed by atoms with Gasteiger partial charge < -0.3 is 4.74 Å². The Morgan fingerprint density at radius 1 is 1.14 bits per heavy atom. The van der Waals surface area contributed by atoms with Crippen LogP contribution in [0.1, 0.15) is 12.5 Å². The molecule has 0 aliphatic carbocycles. The van der Waals surface area contributed by atoms with Crippen LogP contribution in [-0.2, 0) is 19.6 Å². The van der Waals surface area contributed by atoms with Crippen molar-refractivity contribution in [2.45, 2.75) is 11.8 Å². The first-order chi connectivity index (χ1) is 13.3. The van der Waals surface area contributed by atoms with Crippen molar-refractivity contribution in [3.05, 3.63) is 76.0 Å². The maximum absolute atomic E-state index is 13.2. The molecule has 0 aromatic heterocycles. The summed E-state index contributed by atoms with van der Waals surface area (Å²) < 4.78 is 32.2. The highest BCUT2D eigenvalue weighted by atomic mass is 79.9. The summed E-state index contributed by atoms with van der Waals surface area (Å²) in [5, 5.41) is 11.3. The van der Waals surface area contributed by atoms with Crippen molar-refractivity contribution in [2.24, 2.45) is 0 Å². The molecule has 0 saturated carbocycles. The minimum atomic E-state index is -4.43. The lowest BCUT2D eigenvalue weighted by molar-refractivity contribution is -0.387. The van der Waals surface area contributed by atoms with E-state index in [0.29, 0.717) is 5.56 Å². The van der Waals surface area contributed by atoms with Crippen LogP contribution < -0.4 is 0 Å². The van der Waals surface area contributed by atoms with Crippen molar-refractivity contribution in [1.29, 1.82) is 0 Å². The predicted octanol–water partition coefficient (Wildman–Crippen LogP) is 3.54. The minimum absolute atomic E-state index is 0.152. The molecule has 0 unspecified atom stereocenters. The first kappa shape index (κ1) is 21.6. The molecule has 0 heterocycles. The number of carbonyl (C=O) groups excluding carboxylic acids is 1. The number of esters is 1. The zero-order valence-electron chi connectivity index (χ0n) is 15.0. The predicted molar refractivity (Wildman–Crippen MR) is 107 cm³/mol. The molecule has 0 fully saturated rings. The molecule has 0 spiro atoms. The van der Waals surface area contributed by atoms with Gasteiger partial charge in [0.2, 0.25) is 0 Å². The third kappa shape index (κ3) is 4.23. The van der Waals surface area contributed by atoms with Crippen molar-refractivity contribution >= 4 is 42.1 Å². The van der Waals surface area contributed by atoms with E-state index in [2.05, 4.69) is 15.9 Å². The standard InChI is InChI=1S/C18H17BrN2O6S/c1-3-20(28(25,26)15-12-8-7-11-14(15)21(23)24)17(18(22)27-2)16(19)13-9-5-4-6-10-13/h4-12H,3H2,1-2H3/b17-16-. The molecule has 10 heteroatoms. The Kier molecular flexibility index (Phi) is 6.92. The fourth-order valence-electron chi connectivity index (χ4n) is 2.51. The number of methoxy groups -OCH3 is 1. The monoisotopic (exact) mass is 468 g/mol. The number of nitro benzene ring substituents is 1. The molecule has 8 nitrogen and oxygen atoms in total. The molecule has 28 heavy (non-hydrogen) atoms. The molecule has 0 aliphatic rings. The molecule has 0 radical (unpaired) electrons. The zero-order chi connectivity index (χ0) is 20.9. The number of sulfonamides is 1. The molecule has 0 bridgehead atoms. The van der Waals surface area contributed by atoms with Crippen molar-refractivity contribution in [2.75, 3.05) is 13.7 Å². The number of rotatable bonds is 7. The first-order valence-electron chi connectivity index (χ1n) is 8.05. The fraction of sp³-hybridized carbons (Fsp3) is 0.167. The van der Waals surface area contributed by atoms with E-state index in [1.54, 1.807) is 30.3 Å². The fourth-order valence-corrected chi connectivity index (χ4v) is 4.91. The van der Waals surface area contributed by atoms with E-state index in [4.69, 9.17) is 4.74 Å². The molecule has 0 saturated heterocycles. The molecule has 2 rings (SSSR count). The van der Waals surface area contributed by atoms with Gasteiger partial charge in [-0.2, -0.15) is 0 Å². The summed E-state index contributed by atoms with van der Waals surface area (Å²) in [6.07, 6.45) is 0. The summed E-state index contributed by atoms with van der Waals surface area (Å²) in [7, 11) is -3.31. The number of ether oxygens (including phenoxy) is 1. The largest absolute Gasteiger partial charge is 0.464 e. The van der Waals surface area contributed by atoms with Crippen molar-refractivity contribution in [1.82, 2.24) is 4.31 Å². The van der Waals surface area contributed by atoms with Crippen LogP contribution in [0.2, 0.25) is 0 Å². The highest BCUT2D eigenvalue weighted by Gasteiger charge is 2.36. The van der Waals surface area contributed by atoms with Crippen LogP contribution in [0.15, 0.2) is 65.2 Å². The number of hydrogen-bond acceptors (Lipinski definition) is 6. The summed E-state index contributed by atoms with van der Waals surface area (Å²) in [6.45, 7) is 1.36. The number of hydrogen-bond donors (Lipinski definition) is 0. The van der Waals surface area contributed by atoms with Crippen LogP contribution >= 0.6 is 15.9 Å². The second kappa shape index (κ2) is 8.98. The summed E-state index contributed by atoms with van der Waals surface area (Å²) in [4.78, 5) is 22.5. The third-order valence-corrected chi connectivity index (χ3v) is 6.54. The number of nitrogens with zero attached hydrogens (tertiary/aromatic N) is 2. The van der Waals surface area contributed by atoms with E-state index >= 15 is 0 Å². The first-order valence-corrected chi connectivity index (χ1v) is 10.3. The lowest BCUT2D eigenvalue weighted by atomic mass is 10.2. The topological polar surface area (TPSA) is 107 Å². The molecule has 0 amide bonds. The molecule has 0 atom stereocenters. The van der Waals surface area contributed by atoms with Gasteiger partial charge in [-0.3, -0.25) is 14.4 Å². The molecule has 2 aromatic rings. The van der Waals surface area contributed by atoms with E-state index < -0.39 is 31.5 Å². The van der Waals surface area contributed by atoms with Crippen molar-refractivity contribution in [3.63, 3.8) is 0 Å². The van der Waals surface area contributed by atoms with Gasteiger partial charge in [0.1, 0.15) is 0 Å². The summed E-state index contributed by atoms with van der Waals surface area (Å²) >= 11 is 3.29. The Labute approximate surface area is 170 Å². The Hall–Kier alpha value is -2.72.